The highest BCUT2D eigenvalue weighted by molar-refractivity contribution is 5.75. The standard InChI is InChI=1S/C16H23N3O2/c1-3-16(11-20)5-4-6-19(10-16)9-13-7-14-12(2)18-21-15(14)17-8-13/h7-8,20H,3-6,9-11H2,1-2H3. The molecule has 0 aliphatic carbocycles. The van der Waals surface area contributed by atoms with E-state index in [0.29, 0.717) is 5.71 Å². The van der Waals surface area contributed by atoms with Crippen molar-refractivity contribution in [2.24, 2.45) is 5.41 Å². The molecular formula is C16H23N3O2. The van der Waals surface area contributed by atoms with E-state index in [9.17, 15) is 5.11 Å². The van der Waals surface area contributed by atoms with Gasteiger partial charge in [0.25, 0.3) is 5.71 Å². The van der Waals surface area contributed by atoms with E-state index in [1.54, 1.807) is 0 Å². The molecule has 3 heterocycles. The van der Waals surface area contributed by atoms with E-state index in [1.165, 1.54) is 5.56 Å². The third kappa shape index (κ3) is 2.80. The third-order valence-electron chi connectivity index (χ3n) is 4.80. The number of pyridine rings is 1. The average Bonchev–Trinajstić information content (AvgIpc) is 2.88. The minimum Gasteiger partial charge on any atom is -0.396 e. The Kier molecular flexibility index (Phi) is 3.95. The van der Waals surface area contributed by atoms with Crippen molar-refractivity contribution in [3.63, 3.8) is 0 Å². The molecule has 5 nitrogen and oxygen atoms in total. The first kappa shape index (κ1) is 14.5. The number of aliphatic hydroxyl groups excluding tert-OH is 1. The Hall–Kier alpha value is -1.46. The molecule has 1 fully saturated rings. The Balaban J connectivity index is 1.76. The van der Waals surface area contributed by atoms with Gasteiger partial charge in [0.1, 0.15) is 0 Å². The van der Waals surface area contributed by atoms with E-state index in [-0.39, 0.29) is 12.0 Å². The van der Waals surface area contributed by atoms with E-state index in [4.69, 9.17) is 4.52 Å². The number of likely N-dealkylation sites (tertiary alicyclic amines) is 1. The van der Waals surface area contributed by atoms with Crippen LogP contribution >= 0.6 is 0 Å². The predicted octanol–water partition coefficient (Wildman–Crippen LogP) is 2.52. The number of aromatic nitrogens is 2. The number of nitrogens with zero attached hydrogens (tertiary/aromatic N) is 3. The van der Waals surface area contributed by atoms with E-state index >= 15 is 0 Å². The van der Waals surface area contributed by atoms with Gasteiger partial charge in [0.2, 0.25) is 0 Å². The SMILES string of the molecule is CCC1(CO)CCCN(Cc2cnc3onc(C)c3c2)C1. The molecular weight excluding hydrogens is 266 g/mol. The maximum atomic E-state index is 9.72. The molecule has 0 amide bonds. The van der Waals surface area contributed by atoms with Crippen LogP contribution in [0.2, 0.25) is 0 Å². The molecule has 1 atom stereocenters. The van der Waals surface area contributed by atoms with Crippen LogP contribution in [0.15, 0.2) is 16.8 Å². The molecule has 3 rings (SSSR count). The fourth-order valence-electron chi connectivity index (χ4n) is 3.31. The van der Waals surface area contributed by atoms with Crippen LogP contribution < -0.4 is 0 Å². The van der Waals surface area contributed by atoms with Crippen LogP contribution in [0.25, 0.3) is 11.1 Å². The maximum absolute atomic E-state index is 9.72. The number of rotatable bonds is 4. The summed E-state index contributed by atoms with van der Waals surface area (Å²) in [6.45, 7) is 7.31. The fraction of sp³-hybridized carbons (Fsp3) is 0.625. The Morgan fingerprint density at radius 3 is 3.10 bits per heavy atom. The molecule has 1 N–H and O–H groups in total. The number of aliphatic hydroxyl groups is 1. The molecule has 1 unspecified atom stereocenters. The minimum atomic E-state index is 0.0723. The van der Waals surface area contributed by atoms with Crippen molar-refractivity contribution in [3.05, 3.63) is 23.5 Å². The van der Waals surface area contributed by atoms with Crippen LogP contribution in [0.5, 0.6) is 0 Å². The van der Waals surface area contributed by atoms with Crippen LogP contribution in [0.1, 0.15) is 37.4 Å². The van der Waals surface area contributed by atoms with Crippen LogP contribution in [-0.4, -0.2) is 39.8 Å². The van der Waals surface area contributed by atoms with Gasteiger partial charge < -0.3 is 9.63 Å². The summed E-state index contributed by atoms with van der Waals surface area (Å²) >= 11 is 0. The summed E-state index contributed by atoms with van der Waals surface area (Å²) in [4.78, 5) is 6.76. The summed E-state index contributed by atoms with van der Waals surface area (Å²) < 4.78 is 5.15. The number of piperidine rings is 1. The van der Waals surface area contributed by atoms with Crippen molar-refractivity contribution in [1.29, 1.82) is 0 Å². The number of hydrogen-bond donors (Lipinski definition) is 1. The predicted molar refractivity (Wildman–Crippen MR) is 80.9 cm³/mol. The summed E-state index contributed by atoms with van der Waals surface area (Å²) in [5, 5.41) is 14.7. The minimum absolute atomic E-state index is 0.0723. The van der Waals surface area contributed by atoms with Crippen molar-refractivity contribution < 1.29 is 9.63 Å². The Labute approximate surface area is 124 Å². The highest BCUT2D eigenvalue weighted by atomic mass is 16.5. The number of hydrogen-bond acceptors (Lipinski definition) is 5. The van der Waals surface area contributed by atoms with Gasteiger partial charge in [-0.25, -0.2) is 4.98 Å². The van der Waals surface area contributed by atoms with Crippen molar-refractivity contribution in [3.8, 4) is 0 Å². The monoisotopic (exact) mass is 289 g/mol. The Morgan fingerprint density at radius 1 is 1.48 bits per heavy atom. The first-order valence-electron chi connectivity index (χ1n) is 7.70. The van der Waals surface area contributed by atoms with E-state index in [1.807, 2.05) is 13.1 Å². The highest BCUT2D eigenvalue weighted by Gasteiger charge is 2.33. The zero-order valence-electron chi connectivity index (χ0n) is 12.8. The summed E-state index contributed by atoms with van der Waals surface area (Å²) in [6.07, 6.45) is 5.17. The Morgan fingerprint density at radius 2 is 2.33 bits per heavy atom. The van der Waals surface area contributed by atoms with Gasteiger partial charge in [0, 0.05) is 31.3 Å². The zero-order valence-corrected chi connectivity index (χ0v) is 12.8. The molecule has 1 aliphatic heterocycles. The second-order valence-corrected chi connectivity index (χ2v) is 6.29. The topological polar surface area (TPSA) is 62.4 Å². The van der Waals surface area contributed by atoms with Gasteiger partial charge >= 0.3 is 0 Å². The summed E-state index contributed by atoms with van der Waals surface area (Å²) in [5.41, 5.74) is 2.74. The van der Waals surface area contributed by atoms with Crippen LogP contribution in [0.3, 0.4) is 0 Å². The second kappa shape index (κ2) is 5.73. The lowest BCUT2D eigenvalue weighted by molar-refractivity contribution is 0.0258. The molecule has 2 aromatic heterocycles. The van der Waals surface area contributed by atoms with Crippen molar-refractivity contribution in [2.45, 2.75) is 39.7 Å². The molecule has 0 aromatic carbocycles. The smallest absolute Gasteiger partial charge is 0.257 e. The van der Waals surface area contributed by atoms with Crippen molar-refractivity contribution >= 4 is 11.1 Å². The van der Waals surface area contributed by atoms with Crippen LogP contribution in [0.4, 0.5) is 0 Å². The van der Waals surface area contributed by atoms with Gasteiger partial charge in [-0.05, 0) is 44.4 Å². The first-order valence-corrected chi connectivity index (χ1v) is 7.70. The first-order chi connectivity index (χ1) is 10.2. The van der Waals surface area contributed by atoms with Crippen molar-refractivity contribution in [2.75, 3.05) is 19.7 Å². The van der Waals surface area contributed by atoms with Gasteiger partial charge in [-0.15, -0.1) is 0 Å². The van der Waals surface area contributed by atoms with Crippen LogP contribution in [0, 0.1) is 12.3 Å². The molecule has 2 aromatic rings. The number of aryl methyl sites for hydroxylation is 1. The lowest BCUT2D eigenvalue weighted by Crippen LogP contribution is -2.44. The molecule has 1 aliphatic rings. The van der Waals surface area contributed by atoms with Crippen LogP contribution in [-0.2, 0) is 6.54 Å². The van der Waals surface area contributed by atoms with Gasteiger partial charge in [-0.1, -0.05) is 12.1 Å². The highest BCUT2D eigenvalue weighted by Crippen LogP contribution is 2.33. The summed E-state index contributed by atoms with van der Waals surface area (Å²) in [5.74, 6) is 0. The third-order valence-corrected chi connectivity index (χ3v) is 4.80. The molecule has 0 bridgehead atoms. The summed E-state index contributed by atoms with van der Waals surface area (Å²) in [7, 11) is 0. The fourth-order valence-corrected chi connectivity index (χ4v) is 3.31. The molecule has 21 heavy (non-hydrogen) atoms. The lowest BCUT2D eigenvalue weighted by atomic mass is 9.78. The maximum Gasteiger partial charge on any atom is 0.257 e. The lowest BCUT2D eigenvalue weighted by Gasteiger charge is -2.41. The van der Waals surface area contributed by atoms with Gasteiger partial charge in [0.05, 0.1) is 11.1 Å². The van der Waals surface area contributed by atoms with E-state index in [0.717, 1.165) is 50.0 Å². The van der Waals surface area contributed by atoms with Gasteiger partial charge in [-0.2, -0.15) is 0 Å². The molecule has 0 spiro atoms. The Bertz CT molecular complexity index is 619. The quantitative estimate of drug-likeness (QED) is 0.937. The second-order valence-electron chi connectivity index (χ2n) is 6.29. The largest absolute Gasteiger partial charge is 0.396 e. The van der Waals surface area contributed by atoms with Gasteiger partial charge in [0.15, 0.2) is 0 Å². The number of fused-ring (bicyclic) bond motifs is 1. The summed E-state index contributed by atoms with van der Waals surface area (Å²) in [6, 6.07) is 2.12. The molecule has 5 heteroatoms. The molecule has 1 saturated heterocycles. The zero-order chi connectivity index (χ0) is 14.9. The van der Waals surface area contributed by atoms with E-state index < -0.39 is 0 Å². The normalized spacial score (nSPS) is 23.8. The van der Waals surface area contributed by atoms with Crippen molar-refractivity contribution in [1.82, 2.24) is 15.0 Å². The van der Waals surface area contributed by atoms with E-state index in [2.05, 4.69) is 28.0 Å². The molecule has 0 radical (unpaired) electrons. The molecule has 114 valence electrons. The average molecular weight is 289 g/mol. The molecule has 0 saturated carbocycles. The van der Waals surface area contributed by atoms with Gasteiger partial charge in [-0.3, -0.25) is 4.90 Å².